The maximum absolute atomic E-state index is 11.2. The zero-order valence-electron chi connectivity index (χ0n) is 14.3. The Morgan fingerprint density at radius 2 is 2.04 bits per heavy atom. The molecule has 4 rings (SSSR count). The first-order chi connectivity index (χ1) is 12.4. The molecule has 26 heavy (non-hydrogen) atoms. The van der Waals surface area contributed by atoms with Crippen LogP contribution in [0.5, 0.6) is 0 Å². The molecule has 5 atom stereocenters. The summed E-state index contributed by atoms with van der Waals surface area (Å²) in [7, 11) is 0. The van der Waals surface area contributed by atoms with Gasteiger partial charge in [-0.15, -0.1) is 0 Å². The van der Waals surface area contributed by atoms with Gasteiger partial charge in [-0.3, -0.25) is 4.79 Å². The van der Waals surface area contributed by atoms with Gasteiger partial charge in [-0.2, -0.15) is 10.5 Å². The number of rotatable bonds is 2. The molecular formula is C18H17N5O3. The molecule has 0 radical (unpaired) electrons. The number of carbonyl (C=O) groups excluding carboxylic acids is 1. The fourth-order valence-corrected chi connectivity index (χ4v) is 4.32. The standard InChI is InChI=1S/C18H17N5O3/c1-10-7-25-18(26-10)17(9-20)14(16(17,8-19)15(21)23-18)12-3-5-13(6-4-12)22-11(2)24/h3-6,10,14H,7H2,1-2H3,(H2,21,23)(H,22,24)/t10-,14-,16-,17-,18+/m1/s1. The second kappa shape index (κ2) is 5.04. The Labute approximate surface area is 150 Å². The van der Waals surface area contributed by atoms with Gasteiger partial charge in [0.25, 0.3) is 5.91 Å². The SMILES string of the molecule is CC(=O)Nc1ccc([C@H]2[C@@]3(C#N)[C@]4(N=C(N)[C@@]23C#N)OC[C@@H](C)O4)cc1. The molecule has 3 aliphatic rings. The number of hydrogen-bond donors (Lipinski definition) is 2. The topological polar surface area (TPSA) is 134 Å². The number of nitrogens with zero attached hydrogens (tertiary/aromatic N) is 3. The third-order valence-electron chi connectivity index (χ3n) is 5.37. The van der Waals surface area contributed by atoms with Crippen LogP contribution in [0, 0.1) is 33.5 Å². The van der Waals surface area contributed by atoms with E-state index >= 15 is 0 Å². The van der Waals surface area contributed by atoms with Gasteiger partial charge in [0.2, 0.25) is 5.91 Å². The van der Waals surface area contributed by atoms with E-state index in [9.17, 15) is 15.3 Å². The quantitative estimate of drug-likeness (QED) is 0.823. The Bertz CT molecular complexity index is 914. The number of nitriles is 2. The molecule has 3 N–H and O–H groups in total. The van der Waals surface area contributed by atoms with Gasteiger partial charge in [0.05, 0.1) is 24.8 Å². The summed E-state index contributed by atoms with van der Waals surface area (Å²) in [4.78, 5) is 15.4. The molecule has 2 fully saturated rings. The van der Waals surface area contributed by atoms with Crippen LogP contribution in [0.2, 0.25) is 0 Å². The molecule has 1 aromatic carbocycles. The molecule has 2 heterocycles. The Kier molecular flexibility index (Phi) is 3.20. The summed E-state index contributed by atoms with van der Waals surface area (Å²) in [5.41, 5.74) is 4.85. The normalized spacial score (nSPS) is 39.6. The summed E-state index contributed by atoms with van der Waals surface area (Å²) in [6.07, 6.45) is -0.255. The molecule has 1 aliphatic carbocycles. The van der Waals surface area contributed by atoms with Crippen molar-refractivity contribution in [2.75, 3.05) is 11.9 Å². The first kappa shape index (κ1) is 16.5. The van der Waals surface area contributed by atoms with Crippen molar-refractivity contribution in [2.24, 2.45) is 21.6 Å². The average Bonchev–Trinajstić information content (AvgIpc) is 2.99. The van der Waals surface area contributed by atoms with Crippen LogP contribution >= 0.6 is 0 Å². The number of hydrogen-bond acceptors (Lipinski definition) is 7. The van der Waals surface area contributed by atoms with E-state index in [1.54, 1.807) is 24.3 Å². The first-order valence-electron chi connectivity index (χ1n) is 8.24. The van der Waals surface area contributed by atoms with E-state index in [1.165, 1.54) is 6.92 Å². The molecule has 1 spiro atoms. The number of fused-ring (bicyclic) bond motifs is 2. The number of amidine groups is 1. The second-order valence-electron chi connectivity index (χ2n) is 6.89. The highest BCUT2D eigenvalue weighted by molar-refractivity contribution is 6.00. The predicted molar refractivity (Wildman–Crippen MR) is 90.4 cm³/mol. The molecular weight excluding hydrogens is 334 g/mol. The van der Waals surface area contributed by atoms with E-state index in [0.29, 0.717) is 5.69 Å². The maximum atomic E-state index is 11.2. The van der Waals surface area contributed by atoms with Crippen molar-refractivity contribution in [3.05, 3.63) is 29.8 Å². The highest BCUT2D eigenvalue weighted by Gasteiger charge is 2.94. The van der Waals surface area contributed by atoms with E-state index in [0.717, 1.165) is 5.56 Å². The molecule has 132 valence electrons. The molecule has 1 aromatic rings. The number of ether oxygens (including phenoxy) is 2. The van der Waals surface area contributed by atoms with Crippen LogP contribution in [0.3, 0.4) is 0 Å². The summed E-state index contributed by atoms with van der Waals surface area (Å²) in [6, 6.07) is 11.4. The van der Waals surface area contributed by atoms with Gasteiger partial charge in [0.15, 0.2) is 5.41 Å². The van der Waals surface area contributed by atoms with Crippen molar-refractivity contribution in [3.8, 4) is 12.1 Å². The van der Waals surface area contributed by atoms with Gasteiger partial charge in [-0.1, -0.05) is 12.1 Å². The van der Waals surface area contributed by atoms with Gasteiger partial charge in [-0.25, -0.2) is 4.99 Å². The fourth-order valence-electron chi connectivity index (χ4n) is 4.32. The van der Waals surface area contributed by atoms with E-state index in [1.807, 2.05) is 6.92 Å². The van der Waals surface area contributed by atoms with Crippen LogP contribution in [0.15, 0.2) is 29.3 Å². The maximum Gasteiger partial charge on any atom is 0.293 e. The fraction of sp³-hybridized carbons (Fsp3) is 0.444. The Balaban J connectivity index is 1.79. The number of amides is 1. The average molecular weight is 351 g/mol. The van der Waals surface area contributed by atoms with Crippen LogP contribution in [0.25, 0.3) is 0 Å². The third kappa shape index (κ3) is 1.68. The zero-order valence-corrected chi connectivity index (χ0v) is 14.3. The number of nitrogens with one attached hydrogen (secondary N) is 1. The summed E-state index contributed by atoms with van der Waals surface area (Å²) in [5, 5.41) is 22.7. The van der Waals surface area contributed by atoms with Gasteiger partial charge < -0.3 is 20.5 Å². The Hall–Kier alpha value is -2.94. The number of anilines is 1. The molecule has 8 nitrogen and oxygen atoms in total. The lowest BCUT2D eigenvalue weighted by Gasteiger charge is -2.26. The molecule has 2 aliphatic heterocycles. The van der Waals surface area contributed by atoms with Crippen molar-refractivity contribution in [3.63, 3.8) is 0 Å². The van der Waals surface area contributed by atoms with Gasteiger partial charge >= 0.3 is 0 Å². The van der Waals surface area contributed by atoms with E-state index in [2.05, 4.69) is 22.4 Å². The van der Waals surface area contributed by atoms with E-state index < -0.39 is 22.7 Å². The molecule has 1 saturated carbocycles. The number of carbonyl (C=O) groups is 1. The summed E-state index contributed by atoms with van der Waals surface area (Å²) in [6.45, 7) is 3.51. The Morgan fingerprint density at radius 3 is 2.54 bits per heavy atom. The van der Waals surface area contributed by atoms with Crippen molar-refractivity contribution >= 4 is 17.4 Å². The van der Waals surface area contributed by atoms with E-state index in [-0.39, 0.29) is 24.5 Å². The van der Waals surface area contributed by atoms with Crippen LogP contribution < -0.4 is 11.1 Å². The molecule has 1 saturated heterocycles. The number of nitrogens with two attached hydrogens (primary N) is 1. The molecule has 8 heteroatoms. The van der Waals surface area contributed by atoms with Crippen LogP contribution in [-0.4, -0.2) is 30.4 Å². The summed E-state index contributed by atoms with van der Waals surface area (Å²) in [5.74, 6) is -2.20. The van der Waals surface area contributed by atoms with Crippen LogP contribution in [0.4, 0.5) is 5.69 Å². The lowest BCUT2D eigenvalue weighted by atomic mass is 9.94. The smallest absolute Gasteiger partial charge is 0.293 e. The van der Waals surface area contributed by atoms with Crippen LogP contribution in [0.1, 0.15) is 25.3 Å². The largest absolute Gasteiger partial charge is 0.386 e. The minimum Gasteiger partial charge on any atom is -0.386 e. The minimum absolute atomic E-state index is 0.0617. The van der Waals surface area contributed by atoms with Gasteiger partial charge in [0, 0.05) is 18.5 Å². The highest BCUT2D eigenvalue weighted by atomic mass is 16.8. The molecule has 0 aromatic heterocycles. The highest BCUT2D eigenvalue weighted by Crippen LogP contribution is 2.82. The molecule has 0 bridgehead atoms. The van der Waals surface area contributed by atoms with Crippen molar-refractivity contribution in [1.29, 1.82) is 10.5 Å². The lowest BCUT2D eigenvalue weighted by molar-refractivity contribution is -0.193. The first-order valence-corrected chi connectivity index (χ1v) is 8.24. The summed E-state index contributed by atoms with van der Waals surface area (Å²) < 4.78 is 11.6. The van der Waals surface area contributed by atoms with Crippen molar-refractivity contribution in [2.45, 2.75) is 31.8 Å². The lowest BCUT2D eigenvalue weighted by Crippen LogP contribution is -2.39. The minimum atomic E-state index is -1.55. The molecule has 1 amide bonds. The summed E-state index contributed by atoms with van der Waals surface area (Å²) >= 11 is 0. The zero-order chi connectivity index (χ0) is 18.7. The van der Waals surface area contributed by atoms with Gasteiger partial charge in [0.1, 0.15) is 11.3 Å². The van der Waals surface area contributed by atoms with Crippen LogP contribution in [-0.2, 0) is 14.3 Å². The second-order valence-corrected chi connectivity index (χ2v) is 6.89. The van der Waals surface area contributed by atoms with Gasteiger partial charge in [-0.05, 0) is 24.6 Å². The van der Waals surface area contributed by atoms with Crippen molar-refractivity contribution < 1.29 is 14.3 Å². The molecule has 0 unspecified atom stereocenters. The van der Waals surface area contributed by atoms with Crippen molar-refractivity contribution in [1.82, 2.24) is 0 Å². The third-order valence-corrected chi connectivity index (χ3v) is 5.37. The number of aliphatic imine (C=N–C) groups is 1. The van der Waals surface area contributed by atoms with E-state index in [4.69, 9.17) is 15.2 Å². The number of benzene rings is 1. The monoisotopic (exact) mass is 351 g/mol. The predicted octanol–water partition coefficient (Wildman–Crippen LogP) is 1.22. The Morgan fingerprint density at radius 1 is 1.35 bits per heavy atom.